The molecule has 0 unspecified atom stereocenters. The predicted octanol–water partition coefficient (Wildman–Crippen LogP) is 24.4. The van der Waals surface area contributed by atoms with Crippen molar-refractivity contribution in [2.75, 3.05) is 31.1 Å². The molecule has 0 saturated heterocycles. The summed E-state index contributed by atoms with van der Waals surface area (Å²) in [6, 6.07) is 125. The van der Waals surface area contributed by atoms with Crippen LogP contribution in [0.3, 0.4) is 0 Å². The van der Waals surface area contributed by atoms with Crippen LogP contribution in [-0.4, -0.2) is 84.7 Å². The van der Waals surface area contributed by atoms with E-state index in [0.717, 1.165) is 131 Å². The summed E-state index contributed by atoms with van der Waals surface area (Å²) in [5.41, 5.74) is 18.9. The van der Waals surface area contributed by atoms with E-state index >= 15 is 0 Å². The predicted molar refractivity (Wildman–Crippen MR) is 517 cm³/mol. The molecule has 21 rings (SSSR count). The number of nitrogens with zero attached hydrogens (tertiary/aromatic N) is 15. The second-order valence-corrected chi connectivity index (χ2v) is 29.4. The Bertz CT molecular complexity index is 6360. The zero-order chi connectivity index (χ0) is 89.4. The summed E-state index contributed by atoms with van der Waals surface area (Å²) in [6.07, 6.45) is 28.1. The third-order valence-electron chi connectivity index (χ3n) is 20.4. The van der Waals surface area contributed by atoms with Crippen LogP contribution in [0.25, 0.3) is 102 Å². The van der Waals surface area contributed by atoms with E-state index in [1.165, 1.54) is 22.8 Å². The van der Waals surface area contributed by atoms with Crippen molar-refractivity contribution in [3.05, 3.63) is 479 Å². The Kier molecular flexibility index (Phi) is 36.2. The number of ether oxygens (including phenoxy) is 3. The summed E-state index contributed by atoms with van der Waals surface area (Å²) in [5.74, 6) is 7.94. The van der Waals surface area contributed by atoms with Gasteiger partial charge >= 0.3 is 40.2 Å². The van der Waals surface area contributed by atoms with Gasteiger partial charge in [-0.15, -0.1) is 233 Å². The standard InChI is InChI=1S/3C16H13N2O.3C16H13N2.C14H9N3OS.3Ir/c3*1-19-15-9-7-14(8-10-15)18-12-11-17-16(18)13-5-3-2-4-6-13;3*1-13-7-5-6-10-15(13)18-12-11-17-16(18)14-8-3-2-4-9-14;18-10-15-12-1-3-13(4-2-12)16-6-7-17(11-16)14-5-8-19-9-14;;;/h3*2-5,7-12H,1H3;3*2-8,10-12H,1H3;1-4,6-9,11H;;;/q6*-1;-2;;2*+3. The fourth-order valence-corrected chi connectivity index (χ4v) is 14.5. The number of hydrogen-bond acceptors (Lipinski definition) is 14. The van der Waals surface area contributed by atoms with E-state index in [2.05, 4.69) is 148 Å². The van der Waals surface area contributed by atoms with Gasteiger partial charge in [-0.25, -0.2) is 10.9 Å². The molecular weight excluding hydrogens is 2200 g/mol. The van der Waals surface area contributed by atoms with E-state index in [0.29, 0.717) is 5.69 Å². The van der Waals surface area contributed by atoms with Gasteiger partial charge in [-0.1, -0.05) is 54.6 Å². The van der Waals surface area contributed by atoms with Crippen LogP contribution in [0, 0.1) is 69.9 Å². The summed E-state index contributed by atoms with van der Waals surface area (Å²) in [7, 11) is 4.99. The maximum Gasteiger partial charge on any atom is 3.00 e. The van der Waals surface area contributed by atoms with Crippen LogP contribution in [0.1, 0.15) is 16.7 Å². The van der Waals surface area contributed by atoms with Gasteiger partial charge < -0.3 is 51.4 Å². The molecule has 1 aliphatic heterocycles. The van der Waals surface area contributed by atoms with Gasteiger partial charge in [0.15, 0.2) is 0 Å². The third-order valence-corrected chi connectivity index (χ3v) is 21.0. The van der Waals surface area contributed by atoms with E-state index in [-0.39, 0.29) is 60.3 Å². The molecule has 0 spiro atoms. The number of aliphatic imine (C=N–C) groups is 1. The first kappa shape index (κ1) is 97.0. The maximum atomic E-state index is 10.2. The summed E-state index contributed by atoms with van der Waals surface area (Å²) in [6.45, 7) is 8.28. The molecule has 20 aromatic rings. The van der Waals surface area contributed by atoms with Crippen LogP contribution < -0.4 is 24.0 Å². The number of thiophene rings is 1. The average Bonchev–Trinajstić information content (AvgIpc) is 1.73. The van der Waals surface area contributed by atoms with Gasteiger partial charge in [0.05, 0.1) is 62.0 Å². The fourth-order valence-electron chi connectivity index (χ4n) is 13.9. The van der Waals surface area contributed by atoms with Gasteiger partial charge in [-0.2, -0.15) is 10.7 Å². The number of para-hydroxylation sites is 3. The molecule has 661 valence electrons. The van der Waals surface area contributed by atoms with Crippen LogP contribution in [0.5, 0.6) is 17.2 Å². The molecule has 8 heterocycles. The molecule has 19 nitrogen and oxygen atoms in total. The van der Waals surface area contributed by atoms with Gasteiger partial charge in [-0.05, 0) is 165 Å². The average molecular weight is 2290 g/mol. The van der Waals surface area contributed by atoms with Crippen molar-refractivity contribution in [1.29, 1.82) is 0 Å². The molecule has 1 aliphatic rings. The molecule has 0 fully saturated rings. The normalized spacial score (nSPS) is 10.7. The summed E-state index contributed by atoms with van der Waals surface area (Å²) < 4.78 is 27.9. The smallest absolute Gasteiger partial charge is 0.509 e. The van der Waals surface area contributed by atoms with Gasteiger partial charge in [-0.3, -0.25) is 41.2 Å². The molecule has 0 atom stereocenters. The van der Waals surface area contributed by atoms with Crippen LogP contribution in [0.4, 0.5) is 17.1 Å². The van der Waals surface area contributed by atoms with E-state index in [1.807, 2.05) is 376 Å². The molecule has 0 amide bonds. The van der Waals surface area contributed by atoms with Crippen molar-refractivity contribution >= 4 is 34.5 Å². The van der Waals surface area contributed by atoms with E-state index in [4.69, 9.17) is 14.2 Å². The second kappa shape index (κ2) is 49.6. The minimum Gasteiger partial charge on any atom is -0.509 e. The SMILES string of the molecule is COc1ccc(-n2ccnc2-c2[c-]cccc2)cc1.COc1ccc(-n2ccnc2-c2[c-]cccc2)cc1.COc1ccc(-n2ccnc2-c2[c-]cccc2)cc1.Cc1ccccc1-n1ccnc1-c1[c-]cccc1.Cc1ccccc1-n1ccnc1-c1[c-]cccc1.Cc1ccccc1-n1ccnc1-c1[c-]cccc1.O=C=Nc1ccc(N2C=CN(c3[c-]csc3)[CH-]2)cc1.[Ir+3].[Ir+3].[Ir]. The number of imidazole rings is 6. The van der Waals surface area contributed by atoms with Crippen LogP contribution >= 0.6 is 11.3 Å². The molecule has 133 heavy (non-hydrogen) atoms. The quantitative estimate of drug-likeness (QED) is 0.0453. The zero-order valence-corrected chi connectivity index (χ0v) is 81.1. The number of aromatic nitrogens is 12. The second-order valence-electron chi connectivity index (χ2n) is 28.7. The maximum absolute atomic E-state index is 10.2. The zero-order valence-electron chi connectivity index (χ0n) is 73.1. The van der Waals surface area contributed by atoms with E-state index < -0.39 is 0 Å². The molecule has 13 aromatic carbocycles. The molecule has 0 bridgehead atoms. The van der Waals surface area contributed by atoms with Crippen molar-refractivity contribution in [3.63, 3.8) is 0 Å². The number of methoxy groups -OCH3 is 3. The van der Waals surface area contributed by atoms with Gasteiger partial charge in [0, 0.05) is 134 Å². The van der Waals surface area contributed by atoms with Crippen LogP contribution in [0.2, 0.25) is 0 Å². The van der Waals surface area contributed by atoms with Crippen molar-refractivity contribution < 1.29 is 79.3 Å². The number of anilines is 2. The first-order valence-electron chi connectivity index (χ1n) is 41.5. The Morgan fingerprint density at radius 2 is 0.579 bits per heavy atom. The van der Waals surface area contributed by atoms with Gasteiger partial charge in [0.2, 0.25) is 6.08 Å². The Labute approximate surface area is 819 Å². The van der Waals surface area contributed by atoms with E-state index in [1.54, 1.807) is 63.4 Å². The summed E-state index contributed by atoms with van der Waals surface area (Å²) in [4.78, 5) is 44.2. The van der Waals surface area contributed by atoms with Crippen molar-refractivity contribution in [2.24, 2.45) is 4.99 Å². The number of aryl methyl sites for hydroxylation is 3. The van der Waals surface area contributed by atoms with Crippen molar-refractivity contribution in [1.82, 2.24) is 57.3 Å². The van der Waals surface area contributed by atoms with Crippen molar-refractivity contribution in [3.8, 4) is 120 Å². The number of carbonyl (C=O) groups excluding carboxylic acids is 1. The summed E-state index contributed by atoms with van der Waals surface area (Å²) in [5, 5.41) is 3.96. The van der Waals surface area contributed by atoms with Crippen molar-refractivity contribution in [2.45, 2.75) is 20.8 Å². The monoisotopic (exact) mass is 2290 g/mol. The number of isocyanates is 1. The molecular formula is C110H87Ir3N15O4S-2. The van der Waals surface area contributed by atoms with Gasteiger partial charge in [0.25, 0.3) is 0 Å². The Balaban J connectivity index is 0.000000139. The minimum absolute atomic E-state index is 0. The summed E-state index contributed by atoms with van der Waals surface area (Å²) >= 11 is 1.61. The van der Waals surface area contributed by atoms with Crippen LogP contribution in [-0.2, 0) is 65.1 Å². The first-order valence-corrected chi connectivity index (χ1v) is 42.4. The molecule has 0 saturated carbocycles. The number of benzene rings is 13. The third kappa shape index (κ3) is 25.3. The van der Waals surface area contributed by atoms with Crippen LogP contribution in [0.15, 0.2) is 418 Å². The molecule has 7 aromatic heterocycles. The molecule has 0 N–H and O–H groups in total. The molecule has 23 heteroatoms. The number of rotatable bonds is 18. The Morgan fingerprint density at radius 1 is 0.316 bits per heavy atom. The Morgan fingerprint density at radius 3 is 0.835 bits per heavy atom. The van der Waals surface area contributed by atoms with Gasteiger partial charge in [0.1, 0.15) is 17.2 Å². The largest absolute Gasteiger partial charge is 3.00 e. The molecule has 0 aliphatic carbocycles. The number of hydrogen-bond donors (Lipinski definition) is 0. The topological polar surface area (TPSA) is 171 Å². The van der Waals surface area contributed by atoms with E-state index in [9.17, 15) is 4.79 Å². The fraction of sp³-hybridized carbons (Fsp3) is 0.0545. The Hall–Kier alpha value is -15.1. The minimum atomic E-state index is 0. The molecule has 1 radical (unpaired) electrons. The first-order chi connectivity index (χ1) is 64.1.